The van der Waals surface area contributed by atoms with Crippen LogP contribution in [-0.4, -0.2) is 33.6 Å². The Kier molecular flexibility index (Phi) is 35.8. The molecule has 0 saturated carbocycles. The predicted octanol–water partition coefficient (Wildman–Crippen LogP) is 10.8. The second-order valence-corrected chi connectivity index (χ2v) is 9.03. The van der Waals surface area contributed by atoms with E-state index >= 15 is 0 Å². The van der Waals surface area contributed by atoms with E-state index in [1.165, 1.54) is 64.9 Å². The molecule has 0 atom stereocenters. The number of esters is 1. The van der Waals surface area contributed by atoms with Crippen LogP contribution in [0.3, 0.4) is 0 Å². The quantitative estimate of drug-likeness (QED) is 0.140. The van der Waals surface area contributed by atoms with Gasteiger partial charge in [-0.05, 0) is 37.0 Å². The van der Waals surface area contributed by atoms with Crippen LogP contribution in [0.2, 0.25) is 0 Å². The van der Waals surface area contributed by atoms with Gasteiger partial charge in [-0.2, -0.15) is 0 Å². The molecule has 2 aromatic carbocycles. The third-order valence-electron chi connectivity index (χ3n) is 5.65. The molecule has 4 heteroatoms. The number of carbonyl (C=O) groups excluding carboxylic acids is 2. The van der Waals surface area contributed by atoms with Gasteiger partial charge in [-0.3, -0.25) is 4.79 Å². The summed E-state index contributed by atoms with van der Waals surface area (Å²) in [5, 5.41) is 0. The van der Waals surface area contributed by atoms with E-state index in [-0.39, 0.29) is 5.97 Å². The fraction of sp³-hybridized carbons (Fsp3) is 0.556. The van der Waals surface area contributed by atoms with Gasteiger partial charge in [0.25, 0.3) is 0 Å². The topological polar surface area (TPSA) is 52.6 Å². The first kappa shape index (κ1) is 41.8. The molecule has 2 aromatic rings. The summed E-state index contributed by atoms with van der Waals surface area (Å²) in [5.74, 6) is -0.225. The first-order valence-corrected chi connectivity index (χ1v) is 15.2. The molecule has 0 aliphatic heterocycles. The average molecular weight is 557 g/mol. The normalized spacial score (nSPS) is 9.43. The number of hydrogen-bond acceptors (Lipinski definition) is 4. The smallest absolute Gasteiger partial charge is 0.338 e. The number of methoxy groups -OCH3 is 2. The van der Waals surface area contributed by atoms with Crippen molar-refractivity contribution >= 4 is 18.3 Å². The highest BCUT2D eigenvalue weighted by atomic mass is 16.5. The molecule has 0 saturated heterocycles. The molecule has 0 unspecified atom stereocenters. The number of rotatable bonds is 13. The molecule has 228 valence electrons. The van der Waals surface area contributed by atoms with Gasteiger partial charge in [-0.1, -0.05) is 147 Å². The van der Waals surface area contributed by atoms with Gasteiger partial charge >= 0.3 is 5.97 Å². The Morgan fingerprint density at radius 2 is 1.15 bits per heavy atom. The van der Waals surface area contributed by atoms with Crippen LogP contribution in [0, 0.1) is 0 Å². The number of unbranched alkanes of at least 4 members (excludes halogenated alkanes) is 8. The predicted molar refractivity (Wildman–Crippen MR) is 175 cm³/mol. The number of hydrogen-bond donors (Lipinski definition) is 0. The van der Waals surface area contributed by atoms with Gasteiger partial charge in [0.15, 0.2) is 6.29 Å². The van der Waals surface area contributed by atoms with Crippen LogP contribution in [0.5, 0.6) is 0 Å². The van der Waals surface area contributed by atoms with E-state index in [2.05, 4.69) is 25.5 Å². The third-order valence-corrected chi connectivity index (χ3v) is 5.65. The van der Waals surface area contributed by atoms with E-state index in [0.717, 1.165) is 35.8 Å². The van der Waals surface area contributed by atoms with Crippen molar-refractivity contribution in [2.24, 2.45) is 0 Å². The number of aldehydes is 1. The van der Waals surface area contributed by atoms with Gasteiger partial charge in [-0.25, -0.2) is 4.79 Å². The minimum Gasteiger partial charge on any atom is -0.465 e. The number of aryl methyl sites for hydroxylation is 1. The molecule has 0 heterocycles. The molecule has 4 nitrogen and oxygen atoms in total. The highest BCUT2D eigenvalue weighted by Gasteiger charge is 2.10. The molecule has 0 spiro atoms. The maximum Gasteiger partial charge on any atom is 0.338 e. The highest BCUT2D eigenvalue weighted by molar-refractivity contribution is 5.91. The van der Waals surface area contributed by atoms with Crippen LogP contribution in [-0.2, 0) is 15.9 Å². The van der Waals surface area contributed by atoms with Crippen LogP contribution in [0.15, 0.2) is 54.6 Å². The maximum atomic E-state index is 11.6. The summed E-state index contributed by atoms with van der Waals surface area (Å²) in [6, 6.07) is 15.2. The lowest BCUT2D eigenvalue weighted by atomic mass is 10.0. The van der Waals surface area contributed by atoms with Crippen molar-refractivity contribution in [2.45, 2.75) is 112 Å². The van der Waals surface area contributed by atoms with E-state index in [4.69, 9.17) is 4.74 Å². The van der Waals surface area contributed by atoms with Gasteiger partial charge in [0, 0.05) is 19.8 Å². The summed E-state index contributed by atoms with van der Waals surface area (Å²) in [6.45, 7) is 12.6. The van der Waals surface area contributed by atoms with Crippen molar-refractivity contribution in [3.8, 4) is 0 Å². The number of benzene rings is 2. The molecule has 2 rings (SSSR count). The van der Waals surface area contributed by atoms with Crippen LogP contribution in [0.1, 0.15) is 138 Å². The van der Waals surface area contributed by atoms with Gasteiger partial charge in [-0.15, -0.1) is 0 Å². The van der Waals surface area contributed by atoms with Gasteiger partial charge in [0.1, 0.15) is 0 Å². The molecule has 0 aromatic heterocycles. The lowest BCUT2D eigenvalue weighted by Gasteiger charge is -2.07. The summed E-state index contributed by atoms with van der Waals surface area (Å²) < 4.78 is 9.05. The van der Waals surface area contributed by atoms with Crippen molar-refractivity contribution in [3.05, 3.63) is 76.9 Å². The monoisotopic (exact) mass is 556 g/mol. The Balaban J connectivity index is -0.000000527. The van der Waals surface area contributed by atoms with E-state index in [1.807, 2.05) is 81.5 Å². The summed E-state index contributed by atoms with van der Waals surface area (Å²) in [6.07, 6.45) is 18.9. The van der Waals surface area contributed by atoms with Crippen LogP contribution >= 0.6 is 0 Å². The second-order valence-electron chi connectivity index (χ2n) is 9.03. The Hall–Kier alpha value is -2.72. The van der Waals surface area contributed by atoms with E-state index in [1.54, 1.807) is 14.2 Å². The molecule has 40 heavy (non-hydrogen) atoms. The first-order chi connectivity index (χ1) is 19.5. The fourth-order valence-electron chi connectivity index (χ4n) is 3.59. The Morgan fingerprint density at radius 1 is 0.700 bits per heavy atom. The van der Waals surface area contributed by atoms with Crippen molar-refractivity contribution < 1.29 is 19.1 Å². The second kappa shape index (κ2) is 34.3. The van der Waals surface area contributed by atoms with E-state index < -0.39 is 0 Å². The summed E-state index contributed by atoms with van der Waals surface area (Å²) in [5.41, 5.74) is 3.55. The van der Waals surface area contributed by atoms with Crippen molar-refractivity contribution in [3.63, 3.8) is 0 Å². The van der Waals surface area contributed by atoms with Gasteiger partial charge in [0.2, 0.25) is 0 Å². The minimum atomic E-state index is -0.225. The molecular formula is C36H60O4. The van der Waals surface area contributed by atoms with Crippen molar-refractivity contribution in [2.75, 3.05) is 21.3 Å². The van der Waals surface area contributed by atoms with E-state index in [0.29, 0.717) is 5.56 Å². The Labute approximate surface area is 247 Å². The van der Waals surface area contributed by atoms with Crippen LogP contribution in [0.25, 0.3) is 6.08 Å². The zero-order valence-corrected chi connectivity index (χ0v) is 27.3. The maximum absolute atomic E-state index is 11.6. The molecular weight excluding hydrogens is 496 g/mol. The molecule has 0 amide bonds. The standard InChI is InChI=1S/C16H24O2.C10H10O.C6H14.C2H6O.C2H6/c1-3-4-5-6-7-8-11-14-12-9-10-13-15(14)16(17)18-2;1-2-5-9-6-3-4-7-10(9)8-11;1-3-5-6-4-2;1-3-2;1-2/h9-10,12-13H,3-8,11H2,1-2H3;2-8H,1H3;3-6H2,1-2H3;1-2H3;1-2H3/b;5-2+;;;. The molecule has 0 radical (unpaired) electrons. The highest BCUT2D eigenvalue weighted by Crippen LogP contribution is 2.15. The lowest BCUT2D eigenvalue weighted by Crippen LogP contribution is -2.05. The van der Waals surface area contributed by atoms with E-state index in [9.17, 15) is 9.59 Å². The SMILES string of the molecule is C/C=C/c1ccccc1C=O.CC.CCCCCC.CCCCCCCCc1ccccc1C(=O)OC.COC. The largest absolute Gasteiger partial charge is 0.465 e. The van der Waals surface area contributed by atoms with Gasteiger partial charge < -0.3 is 9.47 Å². The summed E-state index contributed by atoms with van der Waals surface area (Å²) >= 11 is 0. The third kappa shape index (κ3) is 24.3. The number of allylic oxidation sites excluding steroid dienone is 1. The molecule has 0 aliphatic carbocycles. The van der Waals surface area contributed by atoms with Crippen LogP contribution < -0.4 is 0 Å². The number of ether oxygens (including phenoxy) is 2. The Bertz CT molecular complexity index is 838. The summed E-state index contributed by atoms with van der Waals surface area (Å²) in [7, 11) is 4.68. The lowest BCUT2D eigenvalue weighted by molar-refractivity contribution is 0.0599. The van der Waals surface area contributed by atoms with Crippen LogP contribution in [0.4, 0.5) is 0 Å². The fourth-order valence-corrected chi connectivity index (χ4v) is 3.59. The summed E-state index contributed by atoms with van der Waals surface area (Å²) in [4.78, 5) is 22.1. The minimum absolute atomic E-state index is 0.225. The number of carbonyl (C=O) groups is 2. The Morgan fingerprint density at radius 3 is 1.65 bits per heavy atom. The zero-order chi connectivity index (χ0) is 30.9. The molecule has 0 aliphatic rings. The average Bonchev–Trinajstić information content (AvgIpc) is 3.00. The first-order valence-electron chi connectivity index (χ1n) is 15.2. The van der Waals surface area contributed by atoms with Crippen molar-refractivity contribution in [1.29, 1.82) is 0 Å². The molecule has 0 N–H and O–H groups in total. The zero-order valence-electron chi connectivity index (χ0n) is 27.3. The van der Waals surface area contributed by atoms with Crippen molar-refractivity contribution in [1.82, 2.24) is 0 Å². The molecule has 0 bridgehead atoms. The van der Waals surface area contributed by atoms with Gasteiger partial charge in [0.05, 0.1) is 12.7 Å². The molecule has 0 fully saturated rings.